The summed E-state index contributed by atoms with van der Waals surface area (Å²) in [6, 6.07) is 5.77. The molecule has 0 radical (unpaired) electrons. The second-order valence-corrected chi connectivity index (χ2v) is 5.16. The Hall–Kier alpha value is -1.37. The Morgan fingerprint density at radius 2 is 1.95 bits per heavy atom. The molecule has 0 aromatic heterocycles. The number of hydrogen-bond donors (Lipinski definition) is 2. The Kier molecular flexibility index (Phi) is 7.58. The third-order valence-corrected chi connectivity index (χ3v) is 3.79. The van der Waals surface area contributed by atoms with Gasteiger partial charge in [0.15, 0.2) is 0 Å². The van der Waals surface area contributed by atoms with Gasteiger partial charge < -0.3 is 20.5 Å². The van der Waals surface area contributed by atoms with Crippen molar-refractivity contribution in [2.24, 2.45) is 11.1 Å². The minimum atomic E-state index is -0.520. The van der Waals surface area contributed by atoms with E-state index in [2.05, 4.69) is 5.32 Å². The van der Waals surface area contributed by atoms with E-state index in [0.717, 1.165) is 0 Å². The lowest BCUT2D eigenvalue weighted by atomic mass is 9.79. The molecule has 1 aromatic rings. The molecule has 1 saturated heterocycles. The quantitative estimate of drug-likeness (QED) is 0.774. The molecule has 1 aliphatic heterocycles. The van der Waals surface area contributed by atoms with Gasteiger partial charge in [-0.2, -0.15) is 0 Å². The first-order valence-electron chi connectivity index (χ1n) is 7.11. The average Bonchev–Trinajstić information content (AvgIpc) is 2.53. The number of nitrogens with one attached hydrogen (secondary N) is 1. The molecule has 1 aromatic carbocycles. The number of rotatable bonds is 6. The van der Waals surface area contributed by atoms with Crippen molar-refractivity contribution in [3.05, 3.63) is 30.1 Å². The van der Waals surface area contributed by atoms with Crippen LogP contribution in [0, 0.1) is 11.2 Å². The zero-order valence-electron chi connectivity index (χ0n) is 12.3. The predicted octanol–water partition coefficient (Wildman–Crippen LogP) is 1.50. The second kappa shape index (κ2) is 8.92. The van der Waals surface area contributed by atoms with Crippen molar-refractivity contribution in [1.29, 1.82) is 0 Å². The van der Waals surface area contributed by atoms with Crippen molar-refractivity contribution in [2.75, 3.05) is 32.9 Å². The van der Waals surface area contributed by atoms with E-state index in [-0.39, 0.29) is 24.1 Å². The van der Waals surface area contributed by atoms with Gasteiger partial charge in [-0.25, -0.2) is 4.39 Å². The Balaban J connectivity index is 0.00000242. The Morgan fingerprint density at radius 3 is 2.55 bits per heavy atom. The van der Waals surface area contributed by atoms with E-state index < -0.39 is 5.41 Å². The molecule has 0 bridgehead atoms. The van der Waals surface area contributed by atoms with Gasteiger partial charge in [-0.05, 0) is 37.1 Å². The fraction of sp³-hybridized carbons (Fsp3) is 0.533. The molecule has 0 aliphatic carbocycles. The summed E-state index contributed by atoms with van der Waals surface area (Å²) < 4.78 is 23.4. The van der Waals surface area contributed by atoms with Crippen LogP contribution in [0.3, 0.4) is 0 Å². The van der Waals surface area contributed by atoms with Crippen LogP contribution in [0.4, 0.5) is 4.39 Å². The normalized spacial score (nSPS) is 16.5. The van der Waals surface area contributed by atoms with Crippen LogP contribution in [0.5, 0.6) is 5.75 Å². The van der Waals surface area contributed by atoms with Gasteiger partial charge in [0, 0.05) is 19.8 Å². The zero-order chi connectivity index (χ0) is 15.1. The summed E-state index contributed by atoms with van der Waals surface area (Å²) in [6.45, 7) is 2.17. The number of carbonyl (C=O) groups excluding carboxylic acids is 1. The lowest BCUT2D eigenvalue weighted by Crippen LogP contribution is -2.49. The Bertz CT molecular complexity index is 464. The maximum atomic E-state index is 12.7. The van der Waals surface area contributed by atoms with Crippen molar-refractivity contribution in [1.82, 2.24) is 5.32 Å². The van der Waals surface area contributed by atoms with Crippen LogP contribution in [0.25, 0.3) is 0 Å². The molecule has 1 aliphatic rings. The average molecular weight is 333 g/mol. The molecule has 0 saturated carbocycles. The number of halogens is 2. The van der Waals surface area contributed by atoms with Crippen LogP contribution < -0.4 is 15.8 Å². The smallest absolute Gasteiger partial charge is 0.227 e. The second-order valence-electron chi connectivity index (χ2n) is 5.16. The number of carbonyl (C=O) groups is 1. The Morgan fingerprint density at radius 1 is 1.32 bits per heavy atom. The molecule has 5 nitrogen and oxygen atoms in total. The molecule has 22 heavy (non-hydrogen) atoms. The van der Waals surface area contributed by atoms with Gasteiger partial charge in [0.2, 0.25) is 5.91 Å². The number of ether oxygens (including phenoxy) is 2. The third kappa shape index (κ3) is 4.83. The highest BCUT2D eigenvalue weighted by Crippen LogP contribution is 2.29. The molecule has 1 amide bonds. The van der Waals surface area contributed by atoms with Crippen molar-refractivity contribution in [3.8, 4) is 5.75 Å². The summed E-state index contributed by atoms with van der Waals surface area (Å²) in [5, 5.41) is 2.85. The minimum absolute atomic E-state index is 0. The highest BCUT2D eigenvalue weighted by molar-refractivity contribution is 5.85. The fourth-order valence-corrected chi connectivity index (χ4v) is 2.34. The van der Waals surface area contributed by atoms with Crippen molar-refractivity contribution in [3.63, 3.8) is 0 Å². The molecule has 7 heteroatoms. The van der Waals surface area contributed by atoms with Gasteiger partial charge in [-0.15, -0.1) is 12.4 Å². The molecule has 1 heterocycles. The van der Waals surface area contributed by atoms with Crippen molar-refractivity contribution >= 4 is 18.3 Å². The van der Waals surface area contributed by atoms with Gasteiger partial charge >= 0.3 is 0 Å². The van der Waals surface area contributed by atoms with E-state index in [1.54, 1.807) is 12.1 Å². The van der Waals surface area contributed by atoms with Crippen molar-refractivity contribution in [2.45, 2.75) is 12.8 Å². The molecule has 0 unspecified atom stereocenters. The van der Waals surface area contributed by atoms with E-state index >= 15 is 0 Å². The van der Waals surface area contributed by atoms with E-state index in [4.69, 9.17) is 15.2 Å². The third-order valence-electron chi connectivity index (χ3n) is 3.79. The standard InChI is InChI=1S/C15H21FN2O3.ClH/c16-12-1-3-13(4-2-12)21-10-7-18-14(19)15(11-17)5-8-20-9-6-15;/h1-4H,5-11,17H2,(H,18,19);1H. The highest BCUT2D eigenvalue weighted by atomic mass is 35.5. The van der Waals surface area contributed by atoms with Crippen LogP contribution in [0.15, 0.2) is 24.3 Å². The summed E-state index contributed by atoms with van der Waals surface area (Å²) in [5.41, 5.74) is 5.25. The maximum Gasteiger partial charge on any atom is 0.227 e. The predicted molar refractivity (Wildman–Crippen MR) is 83.7 cm³/mol. The first-order chi connectivity index (χ1) is 10.2. The Labute approximate surface area is 135 Å². The van der Waals surface area contributed by atoms with Crippen molar-refractivity contribution < 1.29 is 18.7 Å². The molecule has 3 N–H and O–H groups in total. The van der Waals surface area contributed by atoms with Gasteiger partial charge in [0.1, 0.15) is 18.2 Å². The molecular weight excluding hydrogens is 311 g/mol. The number of benzene rings is 1. The lowest BCUT2D eigenvalue weighted by molar-refractivity contribution is -0.136. The molecule has 0 spiro atoms. The van der Waals surface area contributed by atoms with Gasteiger partial charge in [-0.3, -0.25) is 4.79 Å². The van der Waals surface area contributed by atoms with E-state index in [1.165, 1.54) is 12.1 Å². The first-order valence-corrected chi connectivity index (χ1v) is 7.11. The number of amides is 1. The van der Waals surface area contributed by atoms with Crippen LogP contribution >= 0.6 is 12.4 Å². The molecule has 124 valence electrons. The van der Waals surface area contributed by atoms with Gasteiger partial charge in [-0.1, -0.05) is 0 Å². The SMILES string of the molecule is Cl.NCC1(C(=O)NCCOc2ccc(F)cc2)CCOCC1. The topological polar surface area (TPSA) is 73.6 Å². The van der Waals surface area contributed by atoms with E-state index in [9.17, 15) is 9.18 Å². The zero-order valence-corrected chi connectivity index (χ0v) is 13.2. The minimum Gasteiger partial charge on any atom is -0.492 e. The maximum absolute atomic E-state index is 12.7. The molecular formula is C15H22ClFN2O3. The summed E-state index contributed by atoms with van der Waals surface area (Å²) in [7, 11) is 0. The fourth-order valence-electron chi connectivity index (χ4n) is 2.34. The number of hydrogen-bond acceptors (Lipinski definition) is 4. The largest absolute Gasteiger partial charge is 0.492 e. The van der Waals surface area contributed by atoms with Crippen LogP contribution in [0.1, 0.15) is 12.8 Å². The summed E-state index contributed by atoms with van der Waals surface area (Å²) in [5.74, 6) is 0.223. The van der Waals surface area contributed by atoms with E-state index in [0.29, 0.717) is 51.5 Å². The number of nitrogens with two attached hydrogens (primary N) is 1. The van der Waals surface area contributed by atoms with Crippen LogP contribution in [-0.2, 0) is 9.53 Å². The molecule has 1 fully saturated rings. The highest BCUT2D eigenvalue weighted by Gasteiger charge is 2.38. The molecule has 0 atom stereocenters. The van der Waals surface area contributed by atoms with Crippen LogP contribution in [0.2, 0.25) is 0 Å². The summed E-state index contributed by atoms with van der Waals surface area (Å²) in [4.78, 5) is 12.3. The summed E-state index contributed by atoms with van der Waals surface area (Å²) in [6.07, 6.45) is 1.29. The molecule has 2 rings (SSSR count). The first kappa shape index (κ1) is 18.7. The van der Waals surface area contributed by atoms with Gasteiger partial charge in [0.05, 0.1) is 12.0 Å². The monoisotopic (exact) mass is 332 g/mol. The summed E-state index contributed by atoms with van der Waals surface area (Å²) >= 11 is 0. The van der Waals surface area contributed by atoms with E-state index in [1.807, 2.05) is 0 Å². The van der Waals surface area contributed by atoms with Gasteiger partial charge in [0.25, 0.3) is 0 Å². The van der Waals surface area contributed by atoms with Crippen LogP contribution in [-0.4, -0.2) is 38.8 Å². The lowest BCUT2D eigenvalue weighted by Gasteiger charge is -2.34.